The zero-order valence-electron chi connectivity index (χ0n) is 11.5. The summed E-state index contributed by atoms with van der Waals surface area (Å²) in [5.74, 6) is -3.16. The molecule has 110 valence electrons. The van der Waals surface area contributed by atoms with Crippen LogP contribution in [0.5, 0.6) is 0 Å². The fraction of sp³-hybridized carbons (Fsp3) is 0.846. The van der Waals surface area contributed by atoms with Crippen molar-refractivity contribution in [2.24, 2.45) is 17.8 Å². The van der Waals surface area contributed by atoms with Gasteiger partial charge in [-0.2, -0.15) is 0 Å². The van der Waals surface area contributed by atoms with Crippen molar-refractivity contribution in [3.05, 3.63) is 0 Å². The highest BCUT2D eigenvalue weighted by Crippen LogP contribution is 2.24. The number of carboxylic acids is 2. The quantitative estimate of drug-likeness (QED) is 0.666. The Labute approximate surface area is 113 Å². The van der Waals surface area contributed by atoms with E-state index in [1.807, 2.05) is 4.90 Å². The minimum absolute atomic E-state index is 0.289. The van der Waals surface area contributed by atoms with Gasteiger partial charge in [0.05, 0.1) is 18.4 Å². The number of piperidine rings is 1. The second-order valence-corrected chi connectivity index (χ2v) is 5.45. The van der Waals surface area contributed by atoms with Gasteiger partial charge in [-0.3, -0.25) is 9.59 Å². The Kier molecular flexibility index (Phi) is 6.24. The third kappa shape index (κ3) is 5.16. The molecule has 0 bridgehead atoms. The number of hydrogen-bond acceptors (Lipinski definition) is 4. The van der Waals surface area contributed by atoms with Crippen molar-refractivity contribution in [3.63, 3.8) is 0 Å². The first-order chi connectivity index (χ1) is 8.91. The molecule has 0 aliphatic carbocycles. The van der Waals surface area contributed by atoms with E-state index in [4.69, 9.17) is 14.9 Å². The highest BCUT2D eigenvalue weighted by atomic mass is 16.5. The largest absolute Gasteiger partial charge is 0.481 e. The van der Waals surface area contributed by atoms with E-state index in [2.05, 4.69) is 13.8 Å². The number of likely N-dealkylation sites (tertiary alicyclic amines) is 1. The molecule has 0 saturated carbocycles. The molecule has 0 spiro atoms. The van der Waals surface area contributed by atoms with Crippen LogP contribution in [0.2, 0.25) is 0 Å². The van der Waals surface area contributed by atoms with Crippen molar-refractivity contribution in [1.82, 2.24) is 4.90 Å². The normalized spacial score (nSPS) is 24.6. The van der Waals surface area contributed by atoms with E-state index < -0.39 is 23.8 Å². The Bertz CT molecular complexity index is 318. The second-order valence-electron chi connectivity index (χ2n) is 5.45. The maximum Gasteiger partial charge on any atom is 0.308 e. The molecule has 19 heavy (non-hydrogen) atoms. The lowest BCUT2D eigenvalue weighted by atomic mass is 9.85. The number of nitrogens with zero attached hydrogens (tertiary/aromatic N) is 1. The zero-order valence-corrected chi connectivity index (χ0v) is 11.5. The van der Waals surface area contributed by atoms with E-state index >= 15 is 0 Å². The first-order valence-corrected chi connectivity index (χ1v) is 6.67. The molecule has 0 amide bonds. The van der Waals surface area contributed by atoms with Crippen LogP contribution < -0.4 is 0 Å². The zero-order chi connectivity index (χ0) is 14.4. The maximum atomic E-state index is 11.1. The van der Waals surface area contributed by atoms with Crippen LogP contribution in [0.1, 0.15) is 20.3 Å². The van der Waals surface area contributed by atoms with Gasteiger partial charge in [0.1, 0.15) is 0 Å². The van der Waals surface area contributed by atoms with Gasteiger partial charge < -0.3 is 19.8 Å². The maximum absolute atomic E-state index is 11.1. The van der Waals surface area contributed by atoms with Gasteiger partial charge in [0.15, 0.2) is 0 Å². The van der Waals surface area contributed by atoms with Crippen molar-refractivity contribution < 1.29 is 24.5 Å². The number of carboxylic acid groups (broad SMARTS) is 2. The lowest BCUT2D eigenvalue weighted by molar-refractivity contribution is -0.157. The molecular formula is C13H23NO5. The predicted octanol–water partition coefficient (Wildman–Crippen LogP) is 0.766. The Morgan fingerprint density at radius 2 is 1.89 bits per heavy atom. The monoisotopic (exact) mass is 273 g/mol. The summed E-state index contributed by atoms with van der Waals surface area (Å²) in [6.07, 6.45) is 0.385. The van der Waals surface area contributed by atoms with Crippen LogP contribution in [0.25, 0.3) is 0 Å². The van der Waals surface area contributed by atoms with Gasteiger partial charge >= 0.3 is 11.9 Å². The van der Waals surface area contributed by atoms with E-state index in [0.29, 0.717) is 38.6 Å². The van der Waals surface area contributed by atoms with Crippen molar-refractivity contribution in [1.29, 1.82) is 0 Å². The van der Waals surface area contributed by atoms with Gasteiger partial charge in [-0.1, -0.05) is 13.8 Å². The first-order valence-electron chi connectivity index (χ1n) is 6.67. The number of aliphatic carboxylic acids is 2. The average Bonchev–Trinajstić information content (AvgIpc) is 2.33. The van der Waals surface area contributed by atoms with Crippen LogP contribution >= 0.6 is 0 Å². The van der Waals surface area contributed by atoms with Crippen molar-refractivity contribution in [2.75, 3.05) is 32.8 Å². The third-order valence-corrected chi connectivity index (χ3v) is 3.33. The molecule has 0 aromatic rings. The van der Waals surface area contributed by atoms with Gasteiger partial charge in [-0.15, -0.1) is 0 Å². The summed E-state index contributed by atoms with van der Waals surface area (Å²) in [5.41, 5.74) is 0. The lowest BCUT2D eigenvalue weighted by Crippen LogP contribution is -2.47. The number of carbonyl (C=O) groups is 2. The van der Waals surface area contributed by atoms with Crippen LogP contribution in [0, 0.1) is 17.8 Å². The molecule has 1 rings (SSSR count). The average molecular weight is 273 g/mol. The summed E-state index contributed by atoms with van der Waals surface area (Å²) >= 11 is 0. The minimum Gasteiger partial charge on any atom is -0.481 e. The van der Waals surface area contributed by atoms with Crippen molar-refractivity contribution in [3.8, 4) is 0 Å². The Hall–Kier alpha value is -1.14. The third-order valence-electron chi connectivity index (χ3n) is 3.33. The molecule has 6 nitrogen and oxygen atoms in total. The van der Waals surface area contributed by atoms with Gasteiger partial charge in [-0.05, 0) is 18.9 Å². The van der Waals surface area contributed by atoms with Gasteiger partial charge in [0.25, 0.3) is 0 Å². The van der Waals surface area contributed by atoms with E-state index in [0.717, 1.165) is 0 Å². The molecule has 2 atom stereocenters. The fourth-order valence-corrected chi connectivity index (χ4v) is 2.28. The molecule has 1 fully saturated rings. The standard InChI is InChI=1S/C13H23NO5/c1-9(2)8-19-6-5-14-4-3-10(12(15)16)11(7-14)13(17)18/h9-11H,3-8H2,1-2H3,(H,15,16)(H,17,18). The minimum atomic E-state index is -1.03. The van der Waals surface area contributed by atoms with E-state index in [-0.39, 0.29) is 6.54 Å². The molecule has 2 unspecified atom stereocenters. The summed E-state index contributed by atoms with van der Waals surface area (Å²) in [6.45, 7) is 6.94. The van der Waals surface area contributed by atoms with Crippen molar-refractivity contribution >= 4 is 11.9 Å². The SMILES string of the molecule is CC(C)COCCN1CCC(C(=O)O)C(C(=O)O)C1. The first kappa shape index (κ1) is 15.9. The van der Waals surface area contributed by atoms with Crippen LogP contribution in [0.15, 0.2) is 0 Å². The Morgan fingerprint density at radius 1 is 1.26 bits per heavy atom. The van der Waals surface area contributed by atoms with Gasteiger partial charge in [0, 0.05) is 19.7 Å². The second kappa shape index (κ2) is 7.45. The van der Waals surface area contributed by atoms with Crippen LogP contribution in [-0.4, -0.2) is 59.9 Å². The molecule has 2 N–H and O–H groups in total. The van der Waals surface area contributed by atoms with Crippen LogP contribution in [-0.2, 0) is 14.3 Å². The Morgan fingerprint density at radius 3 is 2.42 bits per heavy atom. The summed E-state index contributed by atoms with van der Waals surface area (Å²) in [7, 11) is 0. The van der Waals surface area contributed by atoms with Gasteiger partial charge in [-0.25, -0.2) is 0 Å². The summed E-state index contributed by atoms with van der Waals surface area (Å²) < 4.78 is 5.46. The van der Waals surface area contributed by atoms with Crippen molar-refractivity contribution in [2.45, 2.75) is 20.3 Å². The molecule has 0 radical (unpaired) electrons. The topological polar surface area (TPSA) is 87.1 Å². The summed E-state index contributed by atoms with van der Waals surface area (Å²) in [4.78, 5) is 24.1. The van der Waals surface area contributed by atoms with E-state index in [1.165, 1.54) is 0 Å². The fourth-order valence-electron chi connectivity index (χ4n) is 2.28. The molecule has 6 heteroatoms. The van der Waals surface area contributed by atoms with E-state index in [9.17, 15) is 9.59 Å². The highest BCUT2D eigenvalue weighted by molar-refractivity contribution is 5.80. The number of rotatable bonds is 7. The summed E-state index contributed by atoms with van der Waals surface area (Å²) in [5, 5.41) is 18.1. The molecule has 0 aromatic heterocycles. The molecule has 1 aliphatic rings. The molecule has 1 aliphatic heterocycles. The number of hydrogen-bond donors (Lipinski definition) is 2. The van der Waals surface area contributed by atoms with Gasteiger partial charge in [0.2, 0.25) is 0 Å². The lowest BCUT2D eigenvalue weighted by Gasteiger charge is -2.34. The predicted molar refractivity (Wildman–Crippen MR) is 69.0 cm³/mol. The van der Waals surface area contributed by atoms with E-state index in [1.54, 1.807) is 0 Å². The Balaban J connectivity index is 2.39. The van der Waals surface area contributed by atoms with Crippen LogP contribution in [0.3, 0.4) is 0 Å². The number of ether oxygens (including phenoxy) is 1. The molecule has 0 aromatic carbocycles. The highest BCUT2D eigenvalue weighted by Gasteiger charge is 2.38. The smallest absolute Gasteiger partial charge is 0.308 e. The molecule has 1 saturated heterocycles. The summed E-state index contributed by atoms with van der Waals surface area (Å²) in [6, 6.07) is 0. The van der Waals surface area contributed by atoms with Crippen LogP contribution in [0.4, 0.5) is 0 Å². The molecular weight excluding hydrogens is 250 g/mol. The molecule has 1 heterocycles.